The molecule has 1 aromatic carbocycles. The van der Waals surface area contributed by atoms with Gasteiger partial charge in [0.05, 0.1) is 0 Å². The van der Waals surface area contributed by atoms with Crippen molar-refractivity contribution in [3.63, 3.8) is 0 Å². The van der Waals surface area contributed by atoms with E-state index in [2.05, 4.69) is 10.3 Å². The minimum absolute atomic E-state index is 0.187. The van der Waals surface area contributed by atoms with Gasteiger partial charge in [-0.05, 0) is 12.1 Å². The largest absolute Gasteiger partial charge is 0.454 e. The van der Waals surface area contributed by atoms with Gasteiger partial charge in [-0.25, -0.2) is 4.98 Å². The van der Waals surface area contributed by atoms with Crippen LogP contribution in [0.2, 0.25) is 0 Å². The maximum Gasteiger partial charge on any atom is 0.273 e. The number of imidazole rings is 1. The zero-order valence-electron chi connectivity index (χ0n) is 10.2. The fraction of sp³-hybridized carbons (Fsp3) is 0.0769. The van der Waals surface area contributed by atoms with Crippen LogP contribution in [0.4, 0.5) is 5.69 Å². The molecule has 3 heterocycles. The van der Waals surface area contributed by atoms with E-state index in [1.807, 2.05) is 0 Å². The molecule has 100 valence electrons. The van der Waals surface area contributed by atoms with Crippen molar-refractivity contribution in [2.24, 2.45) is 0 Å². The number of carbonyl (C=O) groups excluding carboxylic acids is 1. The van der Waals surface area contributed by atoms with Gasteiger partial charge < -0.3 is 14.8 Å². The number of amides is 1. The monoisotopic (exact) mass is 287 g/mol. The molecule has 3 aromatic rings. The number of anilines is 1. The summed E-state index contributed by atoms with van der Waals surface area (Å²) < 4.78 is 12.3. The molecule has 0 bridgehead atoms. The van der Waals surface area contributed by atoms with Gasteiger partial charge in [-0.2, -0.15) is 0 Å². The highest BCUT2D eigenvalue weighted by Crippen LogP contribution is 2.34. The van der Waals surface area contributed by atoms with Crippen molar-refractivity contribution in [1.82, 2.24) is 9.38 Å². The van der Waals surface area contributed by atoms with Crippen LogP contribution in [-0.2, 0) is 0 Å². The Hall–Kier alpha value is -2.54. The van der Waals surface area contributed by atoms with Crippen LogP contribution in [0.5, 0.6) is 11.5 Å². The first-order chi connectivity index (χ1) is 9.81. The lowest BCUT2D eigenvalue weighted by Gasteiger charge is -2.05. The van der Waals surface area contributed by atoms with Crippen LogP contribution >= 0.6 is 11.3 Å². The van der Waals surface area contributed by atoms with Crippen LogP contribution in [0.15, 0.2) is 36.0 Å². The number of ether oxygens (including phenoxy) is 2. The molecule has 1 N–H and O–H groups in total. The molecule has 0 saturated heterocycles. The highest BCUT2D eigenvalue weighted by atomic mass is 32.1. The predicted molar refractivity (Wildman–Crippen MR) is 73.6 cm³/mol. The number of nitrogens with one attached hydrogen (secondary N) is 1. The van der Waals surface area contributed by atoms with E-state index in [0.29, 0.717) is 22.9 Å². The van der Waals surface area contributed by atoms with Crippen molar-refractivity contribution in [1.29, 1.82) is 0 Å². The molecule has 0 fully saturated rings. The normalized spacial score (nSPS) is 12.8. The van der Waals surface area contributed by atoms with Gasteiger partial charge in [0.1, 0.15) is 5.69 Å². The Morgan fingerprint density at radius 1 is 1.35 bits per heavy atom. The van der Waals surface area contributed by atoms with Crippen LogP contribution in [0.3, 0.4) is 0 Å². The van der Waals surface area contributed by atoms with Gasteiger partial charge in [0, 0.05) is 29.5 Å². The lowest BCUT2D eigenvalue weighted by atomic mass is 10.2. The average Bonchev–Trinajstić information content (AvgIpc) is 3.13. The Morgan fingerprint density at radius 2 is 2.25 bits per heavy atom. The molecule has 4 rings (SSSR count). The van der Waals surface area contributed by atoms with Gasteiger partial charge in [-0.1, -0.05) is 0 Å². The molecule has 0 aliphatic carbocycles. The molecule has 0 radical (unpaired) electrons. The molecule has 0 atom stereocenters. The molecule has 2 aromatic heterocycles. The predicted octanol–water partition coefficient (Wildman–Crippen LogP) is 2.38. The molecular weight excluding hydrogens is 278 g/mol. The molecule has 0 spiro atoms. The summed E-state index contributed by atoms with van der Waals surface area (Å²) in [5.74, 6) is 1.14. The third-order valence-electron chi connectivity index (χ3n) is 3.01. The van der Waals surface area contributed by atoms with E-state index >= 15 is 0 Å². The Kier molecular flexibility index (Phi) is 2.40. The van der Waals surface area contributed by atoms with E-state index in [4.69, 9.17) is 9.47 Å². The second kappa shape index (κ2) is 4.24. The maximum absolute atomic E-state index is 12.3. The number of fused-ring (bicyclic) bond motifs is 2. The first-order valence-corrected chi connectivity index (χ1v) is 6.81. The van der Waals surface area contributed by atoms with E-state index in [1.54, 1.807) is 40.4 Å². The van der Waals surface area contributed by atoms with E-state index in [1.165, 1.54) is 11.3 Å². The summed E-state index contributed by atoms with van der Waals surface area (Å²) >= 11 is 1.43. The Balaban J connectivity index is 1.63. The lowest BCUT2D eigenvalue weighted by Crippen LogP contribution is -2.13. The number of aromatic nitrogens is 2. The smallest absolute Gasteiger partial charge is 0.273 e. The summed E-state index contributed by atoms with van der Waals surface area (Å²) in [7, 11) is 0. The van der Waals surface area contributed by atoms with Crippen LogP contribution in [0, 0.1) is 0 Å². The highest BCUT2D eigenvalue weighted by Gasteiger charge is 2.16. The molecule has 7 heteroatoms. The standard InChI is InChI=1S/C13H9N3O3S/c17-12(9-6-20-13-14-3-4-16(9)13)15-8-1-2-10-11(5-8)19-7-18-10/h1-6H,7H2,(H,15,17). The molecule has 0 saturated carbocycles. The van der Waals surface area contributed by atoms with Gasteiger partial charge >= 0.3 is 0 Å². The summed E-state index contributed by atoms with van der Waals surface area (Å²) in [5, 5.41) is 4.62. The summed E-state index contributed by atoms with van der Waals surface area (Å²) in [4.78, 5) is 17.2. The number of carbonyl (C=O) groups is 1. The first kappa shape index (κ1) is 11.3. The van der Waals surface area contributed by atoms with Gasteiger partial charge in [-0.15, -0.1) is 11.3 Å². The fourth-order valence-corrected chi connectivity index (χ4v) is 2.89. The molecule has 1 amide bonds. The topological polar surface area (TPSA) is 64.9 Å². The van der Waals surface area contributed by atoms with Crippen molar-refractivity contribution in [2.75, 3.05) is 12.1 Å². The van der Waals surface area contributed by atoms with E-state index < -0.39 is 0 Å². The number of benzene rings is 1. The molecule has 1 aliphatic rings. The van der Waals surface area contributed by atoms with Crippen LogP contribution in [-0.4, -0.2) is 22.1 Å². The second-order valence-electron chi connectivity index (χ2n) is 4.22. The minimum Gasteiger partial charge on any atom is -0.454 e. The third kappa shape index (κ3) is 1.71. The zero-order chi connectivity index (χ0) is 13.5. The third-order valence-corrected chi connectivity index (χ3v) is 3.86. The summed E-state index contributed by atoms with van der Waals surface area (Å²) in [6.45, 7) is 0.215. The quantitative estimate of drug-likeness (QED) is 0.786. The van der Waals surface area contributed by atoms with Crippen LogP contribution in [0.25, 0.3) is 4.96 Å². The van der Waals surface area contributed by atoms with Gasteiger partial charge in [0.2, 0.25) is 6.79 Å². The van der Waals surface area contributed by atoms with Gasteiger partial charge in [0.15, 0.2) is 16.5 Å². The Morgan fingerprint density at radius 3 is 3.20 bits per heavy atom. The van der Waals surface area contributed by atoms with Crippen LogP contribution in [0.1, 0.15) is 10.5 Å². The number of rotatable bonds is 2. The van der Waals surface area contributed by atoms with Crippen molar-refractivity contribution in [3.05, 3.63) is 41.7 Å². The summed E-state index contributed by atoms with van der Waals surface area (Å²) in [5.41, 5.74) is 1.22. The second-order valence-corrected chi connectivity index (χ2v) is 5.06. The van der Waals surface area contributed by atoms with Crippen molar-refractivity contribution in [3.8, 4) is 11.5 Å². The number of nitrogens with zero attached hydrogens (tertiary/aromatic N) is 2. The fourth-order valence-electron chi connectivity index (χ4n) is 2.06. The maximum atomic E-state index is 12.3. The van der Waals surface area contributed by atoms with E-state index in [-0.39, 0.29) is 12.7 Å². The first-order valence-electron chi connectivity index (χ1n) is 5.93. The number of hydrogen-bond donors (Lipinski definition) is 1. The molecule has 20 heavy (non-hydrogen) atoms. The molecule has 1 aliphatic heterocycles. The molecule has 6 nitrogen and oxygen atoms in total. The van der Waals surface area contributed by atoms with Crippen molar-refractivity contribution < 1.29 is 14.3 Å². The van der Waals surface area contributed by atoms with Crippen LogP contribution < -0.4 is 14.8 Å². The van der Waals surface area contributed by atoms with E-state index in [0.717, 1.165) is 4.96 Å². The van der Waals surface area contributed by atoms with Crippen molar-refractivity contribution >= 4 is 27.9 Å². The van der Waals surface area contributed by atoms with Gasteiger partial charge in [0.25, 0.3) is 5.91 Å². The SMILES string of the molecule is O=C(Nc1ccc2c(c1)OCO2)c1csc2nccn12. The average molecular weight is 287 g/mol. The van der Waals surface area contributed by atoms with Gasteiger partial charge in [-0.3, -0.25) is 9.20 Å². The molecular formula is C13H9N3O3S. The number of hydrogen-bond acceptors (Lipinski definition) is 5. The summed E-state index contributed by atoms with van der Waals surface area (Å²) in [6, 6.07) is 5.30. The number of thiazole rings is 1. The minimum atomic E-state index is -0.187. The van der Waals surface area contributed by atoms with E-state index in [9.17, 15) is 4.79 Å². The summed E-state index contributed by atoms with van der Waals surface area (Å²) in [6.07, 6.45) is 3.43. The lowest BCUT2D eigenvalue weighted by molar-refractivity contribution is 0.102. The Bertz CT molecular complexity index is 808. The van der Waals surface area contributed by atoms with Crippen molar-refractivity contribution in [2.45, 2.75) is 0 Å². The molecule has 0 unspecified atom stereocenters. The highest BCUT2D eigenvalue weighted by molar-refractivity contribution is 7.15. The Labute approximate surface area is 117 Å². The zero-order valence-corrected chi connectivity index (χ0v) is 11.0.